The van der Waals surface area contributed by atoms with E-state index in [4.69, 9.17) is 16.3 Å². The van der Waals surface area contributed by atoms with E-state index in [9.17, 15) is 14.4 Å². The number of benzene rings is 1. The fraction of sp³-hybridized carbons (Fsp3) is 0.500. The molecule has 9 heteroatoms. The number of amides is 2. The minimum Gasteiger partial charge on any atom is -0.444 e. The first-order valence-corrected chi connectivity index (χ1v) is 13.0. The van der Waals surface area contributed by atoms with Crippen LogP contribution in [0.2, 0.25) is 4.34 Å². The lowest BCUT2D eigenvalue weighted by Crippen LogP contribution is -2.44. The quantitative estimate of drug-likeness (QED) is 0.544. The van der Waals surface area contributed by atoms with Crippen molar-refractivity contribution in [1.29, 1.82) is 0 Å². The highest BCUT2D eigenvalue weighted by Gasteiger charge is 2.24. The van der Waals surface area contributed by atoms with Crippen LogP contribution in [0.1, 0.15) is 53.6 Å². The van der Waals surface area contributed by atoms with Gasteiger partial charge >= 0.3 is 6.09 Å². The highest BCUT2D eigenvalue weighted by molar-refractivity contribution is 7.18. The molecule has 190 valence electrons. The lowest BCUT2D eigenvalue weighted by Gasteiger charge is -2.21. The van der Waals surface area contributed by atoms with E-state index in [-0.39, 0.29) is 31.1 Å². The molecule has 0 aliphatic carbocycles. The fourth-order valence-electron chi connectivity index (χ4n) is 3.94. The number of hydrogen-bond acceptors (Lipinski definition) is 6. The Hall–Kier alpha value is -2.42. The number of fused-ring (bicyclic) bond motifs is 1. The van der Waals surface area contributed by atoms with Crippen LogP contribution < -0.4 is 10.6 Å². The van der Waals surface area contributed by atoms with Crippen LogP contribution in [-0.4, -0.2) is 61.0 Å². The number of hydrogen-bond donors (Lipinski definition) is 2. The number of Topliss-reactive ketones (excluding diaryl/α,β-unsaturated/α-hetero) is 1. The number of nitrogens with zero attached hydrogens (tertiary/aromatic N) is 1. The molecule has 1 aliphatic rings. The van der Waals surface area contributed by atoms with Gasteiger partial charge in [0.15, 0.2) is 5.78 Å². The molecular formula is C26H34ClN3O4S. The number of carbonyl (C=O) groups is 3. The topological polar surface area (TPSA) is 87.7 Å². The minimum atomic E-state index is -0.761. The largest absolute Gasteiger partial charge is 0.444 e. The number of alkyl carbamates (subject to hydrolysis) is 1. The molecule has 1 atom stereocenters. The van der Waals surface area contributed by atoms with Crippen molar-refractivity contribution in [2.75, 3.05) is 26.7 Å². The van der Waals surface area contributed by atoms with Crippen LogP contribution in [-0.2, 0) is 28.8 Å². The maximum atomic E-state index is 13.3. The van der Waals surface area contributed by atoms with Gasteiger partial charge in [-0.15, -0.1) is 11.3 Å². The molecule has 3 rings (SSSR count). The number of thiophene rings is 1. The third kappa shape index (κ3) is 8.63. The third-order valence-electron chi connectivity index (χ3n) is 5.77. The second-order valence-electron chi connectivity index (χ2n) is 9.90. The second kappa shape index (κ2) is 12.0. The van der Waals surface area contributed by atoms with Gasteiger partial charge in [0.2, 0.25) is 0 Å². The molecule has 0 bridgehead atoms. The summed E-state index contributed by atoms with van der Waals surface area (Å²) in [7, 11) is 2.12. The average molecular weight is 520 g/mol. The zero-order chi connectivity index (χ0) is 25.6. The number of likely N-dealkylation sites (N-methyl/N-ethyl adjacent to an activating group) is 1. The van der Waals surface area contributed by atoms with Gasteiger partial charge in [0.05, 0.1) is 15.3 Å². The Kier molecular flexibility index (Phi) is 9.33. The molecule has 1 aromatic heterocycles. The Morgan fingerprint density at radius 3 is 2.49 bits per heavy atom. The molecule has 0 unspecified atom stereocenters. The van der Waals surface area contributed by atoms with Crippen molar-refractivity contribution < 1.29 is 19.1 Å². The van der Waals surface area contributed by atoms with Crippen LogP contribution >= 0.6 is 22.9 Å². The van der Waals surface area contributed by atoms with Gasteiger partial charge in [-0.1, -0.05) is 29.8 Å². The number of ether oxygens (including phenoxy) is 1. The van der Waals surface area contributed by atoms with E-state index in [1.807, 2.05) is 6.07 Å². The van der Waals surface area contributed by atoms with Crippen LogP contribution in [0.3, 0.4) is 0 Å². The molecule has 35 heavy (non-hydrogen) atoms. The Morgan fingerprint density at radius 2 is 1.83 bits per heavy atom. The maximum Gasteiger partial charge on any atom is 0.407 e. The molecule has 7 nitrogen and oxygen atoms in total. The molecule has 1 aromatic carbocycles. The van der Waals surface area contributed by atoms with E-state index < -0.39 is 17.7 Å². The van der Waals surface area contributed by atoms with E-state index in [1.165, 1.54) is 11.1 Å². The summed E-state index contributed by atoms with van der Waals surface area (Å²) in [4.78, 5) is 40.8. The van der Waals surface area contributed by atoms with Gasteiger partial charge < -0.3 is 20.3 Å². The van der Waals surface area contributed by atoms with E-state index in [0.29, 0.717) is 9.21 Å². The molecule has 2 heterocycles. The highest BCUT2D eigenvalue weighted by Crippen LogP contribution is 2.22. The molecule has 0 fully saturated rings. The average Bonchev–Trinajstić information content (AvgIpc) is 3.12. The van der Waals surface area contributed by atoms with Gasteiger partial charge in [-0.05, 0) is 75.9 Å². The molecule has 2 aromatic rings. The lowest BCUT2D eigenvalue weighted by molar-refractivity contribution is -0.120. The van der Waals surface area contributed by atoms with Crippen LogP contribution in [0.25, 0.3) is 0 Å². The third-order valence-corrected chi connectivity index (χ3v) is 7.00. The number of rotatable bonds is 8. The van der Waals surface area contributed by atoms with Crippen molar-refractivity contribution in [3.63, 3.8) is 0 Å². The predicted octanol–water partition coefficient (Wildman–Crippen LogP) is 4.26. The number of nitrogens with one attached hydrogen (secondary N) is 2. The highest BCUT2D eigenvalue weighted by atomic mass is 35.5. The zero-order valence-electron chi connectivity index (χ0n) is 20.8. The summed E-state index contributed by atoms with van der Waals surface area (Å²) in [6.07, 6.45) is 1.84. The molecule has 0 spiro atoms. The van der Waals surface area contributed by atoms with Crippen LogP contribution in [0.4, 0.5) is 4.79 Å². The first kappa shape index (κ1) is 27.2. The summed E-state index contributed by atoms with van der Waals surface area (Å²) >= 11 is 7.12. The molecule has 2 amide bonds. The predicted molar refractivity (Wildman–Crippen MR) is 139 cm³/mol. The van der Waals surface area contributed by atoms with Gasteiger partial charge in [0, 0.05) is 26.1 Å². The van der Waals surface area contributed by atoms with E-state index in [0.717, 1.165) is 42.8 Å². The summed E-state index contributed by atoms with van der Waals surface area (Å²) in [5.74, 6) is -0.472. The van der Waals surface area contributed by atoms with E-state index in [1.54, 1.807) is 32.9 Å². The van der Waals surface area contributed by atoms with Crippen LogP contribution in [0.15, 0.2) is 30.3 Å². The second-order valence-corrected chi connectivity index (χ2v) is 11.6. The van der Waals surface area contributed by atoms with E-state index >= 15 is 0 Å². The van der Waals surface area contributed by atoms with Crippen LogP contribution in [0.5, 0.6) is 0 Å². The smallest absolute Gasteiger partial charge is 0.407 e. The Labute approximate surface area is 216 Å². The number of halogens is 1. The SMILES string of the molecule is CN1CCc2ccc(CC(=O)[C@@H](CCNC(=O)OC(C)(C)C)NC(=O)c3ccc(Cl)s3)cc2CC1. The first-order chi connectivity index (χ1) is 16.5. The van der Waals surface area contributed by atoms with Crippen molar-refractivity contribution >= 4 is 40.7 Å². The Balaban J connectivity index is 1.68. The van der Waals surface area contributed by atoms with Gasteiger partial charge in [-0.2, -0.15) is 0 Å². The number of carbonyl (C=O) groups excluding carboxylic acids is 3. The van der Waals surface area contributed by atoms with Crippen molar-refractivity contribution in [3.8, 4) is 0 Å². The van der Waals surface area contributed by atoms with Crippen molar-refractivity contribution in [2.45, 2.75) is 58.1 Å². The Bertz CT molecular complexity index is 1060. The Morgan fingerprint density at radius 1 is 1.11 bits per heavy atom. The maximum absolute atomic E-state index is 13.3. The van der Waals surface area contributed by atoms with Crippen molar-refractivity contribution in [3.05, 3.63) is 56.2 Å². The summed E-state index contributed by atoms with van der Waals surface area (Å²) < 4.78 is 5.76. The van der Waals surface area contributed by atoms with Gasteiger partial charge in [-0.3, -0.25) is 9.59 Å². The molecule has 2 N–H and O–H groups in total. The number of ketones is 1. The fourth-order valence-corrected chi connectivity index (χ4v) is 4.88. The van der Waals surface area contributed by atoms with Gasteiger partial charge in [-0.25, -0.2) is 4.79 Å². The molecular weight excluding hydrogens is 486 g/mol. The van der Waals surface area contributed by atoms with E-state index in [2.05, 4.69) is 34.7 Å². The summed E-state index contributed by atoms with van der Waals surface area (Å²) in [6.45, 7) is 7.55. The summed E-state index contributed by atoms with van der Waals surface area (Å²) in [5.41, 5.74) is 2.91. The molecule has 0 saturated carbocycles. The standard InChI is InChI=1S/C26H34ClN3O4S/c1-26(2,3)34-25(33)28-12-9-20(29-24(32)22-7-8-23(27)35-22)21(31)16-17-5-6-18-10-13-30(4)14-11-19(18)15-17/h5-8,15,20H,9-14,16H2,1-4H3,(H,28,33)(H,29,32)/t20-/m1/s1. The zero-order valence-corrected chi connectivity index (χ0v) is 22.4. The van der Waals surface area contributed by atoms with Crippen molar-refractivity contribution in [2.24, 2.45) is 0 Å². The van der Waals surface area contributed by atoms with Gasteiger partial charge in [0.25, 0.3) is 5.91 Å². The molecule has 0 radical (unpaired) electrons. The monoisotopic (exact) mass is 519 g/mol. The molecule has 1 aliphatic heterocycles. The van der Waals surface area contributed by atoms with Crippen LogP contribution in [0, 0.1) is 0 Å². The summed E-state index contributed by atoms with van der Waals surface area (Å²) in [6, 6.07) is 8.75. The first-order valence-electron chi connectivity index (χ1n) is 11.8. The lowest BCUT2D eigenvalue weighted by atomic mass is 9.95. The molecule has 0 saturated heterocycles. The normalized spacial score (nSPS) is 15.0. The minimum absolute atomic E-state index is 0.113. The summed E-state index contributed by atoms with van der Waals surface area (Å²) in [5, 5.41) is 5.50. The van der Waals surface area contributed by atoms with Crippen molar-refractivity contribution in [1.82, 2.24) is 15.5 Å². The van der Waals surface area contributed by atoms with Gasteiger partial charge in [0.1, 0.15) is 5.60 Å².